The second-order valence-electron chi connectivity index (χ2n) is 16.8. The Hall–Kier alpha value is -4.50. The predicted octanol–water partition coefficient (Wildman–Crippen LogP) is 13.2. The Morgan fingerprint density at radius 1 is 0.468 bits per heavy atom. The third-order valence-corrected chi connectivity index (χ3v) is 12.3. The summed E-state index contributed by atoms with van der Waals surface area (Å²) < 4.78 is 28.0. The first-order valence-corrected chi connectivity index (χ1v) is 23.4. The number of carbonyl (C=O) groups excluding carboxylic acids is 4. The molecule has 1 unspecified atom stereocenters. The van der Waals surface area contributed by atoms with Gasteiger partial charge in [-0.1, -0.05) is 153 Å². The SMILES string of the molecule is C.CCCCCCCCCC(OC)OC(=O)CCCCCCCCC(=O)Oc1ccc(OC(=O)CCCCCCCCC(=O)OC)c2c1C1c3ccccc3C2c2ccccc21. The van der Waals surface area contributed by atoms with Crippen molar-refractivity contribution in [1.29, 1.82) is 0 Å². The summed E-state index contributed by atoms with van der Waals surface area (Å²) in [4.78, 5) is 50.5. The van der Waals surface area contributed by atoms with Crippen LogP contribution < -0.4 is 9.47 Å². The normalized spacial score (nSPS) is 14.8. The Morgan fingerprint density at radius 3 is 1.21 bits per heavy atom. The third kappa shape index (κ3) is 14.8. The van der Waals surface area contributed by atoms with Gasteiger partial charge in [-0.25, -0.2) is 0 Å². The molecule has 340 valence electrons. The molecule has 3 aromatic rings. The van der Waals surface area contributed by atoms with E-state index in [4.69, 9.17) is 23.7 Å². The minimum atomic E-state index is -0.459. The Labute approximate surface area is 372 Å². The van der Waals surface area contributed by atoms with Crippen molar-refractivity contribution < 1.29 is 42.9 Å². The minimum absolute atomic E-state index is 0. The quantitative estimate of drug-likeness (QED) is 0.0193. The average molecular weight is 855 g/mol. The van der Waals surface area contributed by atoms with E-state index in [1.54, 1.807) is 19.2 Å². The Morgan fingerprint density at radius 2 is 0.823 bits per heavy atom. The predicted molar refractivity (Wildman–Crippen MR) is 245 cm³/mol. The van der Waals surface area contributed by atoms with Crippen LogP contribution in [0.1, 0.15) is 214 Å². The summed E-state index contributed by atoms with van der Waals surface area (Å²) in [5.41, 5.74) is 6.54. The number of methoxy groups -OCH3 is 2. The fraction of sp³-hybridized carbons (Fsp3) is 0.585. The first-order valence-electron chi connectivity index (χ1n) is 23.4. The van der Waals surface area contributed by atoms with Crippen LogP contribution in [0.5, 0.6) is 11.5 Å². The molecule has 3 aliphatic carbocycles. The van der Waals surface area contributed by atoms with Gasteiger partial charge in [0, 0.05) is 62.2 Å². The fourth-order valence-electron chi connectivity index (χ4n) is 9.04. The maximum absolute atomic E-state index is 13.4. The number of rotatable bonds is 30. The van der Waals surface area contributed by atoms with Crippen LogP contribution in [0.25, 0.3) is 0 Å². The van der Waals surface area contributed by atoms with E-state index in [0.29, 0.717) is 37.2 Å². The Bertz CT molecular complexity index is 1800. The number of benzene rings is 3. The van der Waals surface area contributed by atoms with Crippen molar-refractivity contribution in [3.05, 3.63) is 94.0 Å². The van der Waals surface area contributed by atoms with Gasteiger partial charge in [0.2, 0.25) is 6.29 Å². The van der Waals surface area contributed by atoms with Crippen LogP contribution >= 0.6 is 0 Å². The molecule has 0 aromatic heterocycles. The number of esters is 4. The lowest BCUT2D eigenvalue weighted by molar-refractivity contribution is -0.175. The summed E-state index contributed by atoms with van der Waals surface area (Å²) in [5.74, 6) is -0.171. The van der Waals surface area contributed by atoms with Crippen LogP contribution in [-0.4, -0.2) is 44.4 Å². The number of unbranched alkanes of at least 4 members (excludes halogenated alkanes) is 16. The molecule has 0 aliphatic heterocycles. The molecule has 9 heteroatoms. The van der Waals surface area contributed by atoms with Crippen molar-refractivity contribution in [3.8, 4) is 11.5 Å². The molecule has 2 bridgehead atoms. The smallest absolute Gasteiger partial charge is 0.311 e. The monoisotopic (exact) mass is 855 g/mol. The second kappa shape index (κ2) is 27.5. The van der Waals surface area contributed by atoms with Crippen molar-refractivity contribution in [2.45, 2.75) is 187 Å². The highest BCUT2D eigenvalue weighted by molar-refractivity contribution is 5.79. The van der Waals surface area contributed by atoms with Crippen molar-refractivity contribution in [2.24, 2.45) is 0 Å². The molecular formula is C53H74O9. The first kappa shape index (κ1) is 50.1. The van der Waals surface area contributed by atoms with E-state index in [9.17, 15) is 19.2 Å². The molecule has 6 rings (SSSR count). The fourth-order valence-corrected chi connectivity index (χ4v) is 9.04. The molecule has 9 nitrogen and oxygen atoms in total. The topological polar surface area (TPSA) is 114 Å². The first-order chi connectivity index (χ1) is 29.9. The van der Waals surface area contributed by atoms with Gasteiger partial charge in [0.25, 0.3) is 0 Å². The van der Waals surface area contributed by atoms with E-state index < -0.39 is 6.29 Å². The molecule has 0 heterocycles. The van der Waals surface area contributed by atoms with Gasteiger partial charge in [0.1, 0.15) is 11.5 Å². The zero-order valence-corrected chi connectivity index (χ0v) is 37.2. The molecular weight excluding hydrogens is 781 g/mol. The molecule has 3 aromatic carbocycles. The van der Waals surface area contributed by atoms with Gasteiger partial charge in [0.15, 0.2) is 0 Å². The molecule has 0 radical (unpaired) electrons. The molecule has 1 atom stereocenters. The standard InChI is InChI=1S/C52H70O9.CH4/c1-4-5-6-7-8-17-22-35-48(58-3)61-47(56)34-21-16-12-11-15-20-33-46(55)60-43-37-36-42(59-45(54)32-19-14-10-9-13-18-31-44(53)57-2)51-49-38-27-23-25-29-40(38)50(52(43)51)41-30-26-24-28-39(41)49;/h23-30,36-37,48-50H,4-22,31-35H2,1-3H3;1H4. The van der Waals surface area contributed by atoms with Crippen LogP contribution in [-0.2, 0) is 33.4 Å². The van der Waals surface area contributed by atoms with Gasteiger partial charge in [-0.15, -0.1) is 0 Å². The zero-order valence-electron chi connectivity index (χ0n) is 37.2. The lowest BCUT2D eigenvalue weighted by Crippen LogP contribution is -2.29. The van der Waals surface area contributed by atoms with Gasteiger partial charge in [-0.2, -0.15) is 0 Å². The number of hydrogen-bond acceptors (Lipinski definition) is 9. The number of hydrogen-bond donors (Lipinski definition) is 0. The molecule has 0 amide bonds. The molecule has 62 heavy (non-hydrogen) atoms. The molecule has 0 N–H and O–H groups in total. The lowest BCUT2D eigenvalue weighted by Gasteiger charge is -2.43. The van der Waals surface area contributed by atoms with E-state index in [-0.39, 0.29) is 43.1 Å². The molecule has 0 fully saturated rings. The van der Waals surface area contributed by atoms with Crippen LogP contribution in [0.3, 0.4) is 0 Å². The second-order valence-corrected chi connectivity index (χ2v) is 16.8. The average Bonchev–Trinajstić information content (AvgIpc) is 3.27. The largest absolute Gasteiger partial charge is 0.469 e. The van der Waals surface area contributed by atoms with Crippen molar-refractivity contribution in [1.82, 2.24) is 0 Å². The van der Waals surface area contributed by atoms with E-state index in [2.05, 4.69) is 55.5 Å². The van der Waals surface area contributed by atoms with E-state index in [1.165, 1.54) is 61.5 Å². The number of carbonyl (C=O) groups is 4. The Balaban J connectivity index is 0.00000845. The van der Waals surface area contributed by atoms with E-state index in [0.717, 1.165) is 107 Å². The van der Waals surface area contributed by atoms with E-state index in [1.807, 2.05) is 0 Å². The van der Waals surface area contributed by atoms with Crippen LogP contribution in [0, 0.1) is 0 Å². The van der Waals surface area contributed by atoms with Crippen molar-refractivity contribution >= 4 is 23.9 Å². The third-order valence-electron chi connectivity index (χ3n) is 12.3. The van der Waals surface area contributed by atoms with Gasteiger partial charge >= 0.3 is 23.9 Å². The summed E-state index contributed by atoms with van der Waals surface area (Å²) in [6.45, 7) is 2.23. The van der Waals surface area contributed by atoms with Crippen molar-refractivity contribution in [3.63, 3.8) is 0 Å². The highest BCUT2D eigenvalue weighted by Gasteiger charge is 2.45. The van der Waals surface area contributed by atoms with Gasteiger partial charge in [-0.3, -0.25) is 19.2 Å². The molecule has 3 aliphatic rings. The lowest BCUT2D eigenvalue weighted by atomic mass is 9.60. The zero-order chi connectivity index (χ0) is 43.2. The summed E-state index contributed by atoms with van der Waals surface area (Å²) in [6.07, 6.45) is 21.0. The maximum Gasteiger partial charge on any atom is 0.311 e. The highest BCUT2D eigenvalue weighted by Crippen LogP contribution is 2.60. The van der Waals surface area contributed by atoms with E-state index >= 15 is 0 Å². The molecule has 0 saturated carbocycles. The number of ether oxygens (including phenoxy) is 5. The van der Waals surface area contributed by atoms with Gasteiger partial charge in [-0.05, 0) is 66.5 Å². The molecule has 0 spiro atoms. The summed E-state index contributed by atoms with van der Waals surface area (Å²) in [5, 5.41) is 0. The van der Waals surface area contributed by atoms with Crippen LogP contribution in [0.4, 0.5) is 0 Å². The van der Waals surface area contributed by atoms with Gasteiger partial charge < -0.3 is 23.7 Å². The Kier molecular flexibility index (Phi) is 22.3. The van der Waals surface area contributed by atoms with Crippen LogP contribution in [0.15, 0.2) is 60.7 Å². The highest BCUT2D eigenvalue weighted by atomic mass is 16.7. The summed E-state index contributed by atoms with van der Waals surface area (Å²) >= 11 is 0. The van der Waals surface area contributed by atoms with Crippen LogP contribution in [0.2, 0.25) is 0 Å². The molecule has 0 saturated heterocycles. The summed E-state index contributed by atoms with van der Waals surface area (Å²) in [7, 11) is 3.02. The minimum Gasteiger partial charge on any atom is -0.469 e. The van der Waals surface area contributed by atoms with Gasteiger partial charge in [0.05, 0.1) is 7.11 Å². The maximum atomic E-state index is 13.4. The summed E-state index contributed by atoms with van der Waals surface area (Å²) in [6, 6.07) is 20.4. The van der Waals surface area contributed by atoms with Crippen molar-refractivity contribution in [2.75, 3.05) is 14.2 Å².